The van der Waals surface area contributed by atoms with Crippen LogP contribution in [-0.2, 0) is 17.9 Å². The molecule has 0 radical (unpaired) electrons. The van der Waals surface area contributed by atoms with Gasteiger partial charge in [0, 0.05) is 19.1 Å². The normalized spacial score (nSPS) is 15.2. The number of nitrogens with zero attached hydrogens (tertiary/aromatic N) is 2. The molecule has 0 saturated heterocycles. The lowest BCUT2D eigenvalue weighted by molar-refractivity contribution is -0.121. The number of para-hydroxylation sites is 2. The smallest absolute Gasteiger partial charge is 0.329 e. The predicted molar refractivity (Wildman–Crippen MR) is 92.8 cm³/mol. The maximum atomic E-state index is 12.4. The quantitative estimate of drug-likeness (QED) is 0.827. The van der Waals surface area contributed by atoms with E-state index in [4.69, 9.17) is 5.73 Å². The van der Waals surface area contributed by atoms with Gasteiger partial charge in [-0.05, 0) is 37.8 Å². The molecule has 1 saturated carbocycles. The molecule has 1 aliphatic rings. The number of fused-ring (bicyclic) bond motifs is 1. The van der Waals surface area contributed by atoms with Crippen LogP contribution in [0.15, 0.2) is 29.1 Å². The van der Waals surface area contributed by atoms with Crippen LogP contribution in [0.5, 0.6) is 0 Å². The molecule has 126 valence electrons. The molecule has 1 fully saturated rings. The molecule has 7 heteroatoms. The Hall–Kier alpha value is -1.79. The van der Waals surface area contributed by atoms with Crippen LogP contribution in [0.3, 0.4) is 0 Å². The van der Waals surface area contributed by atoms with E-state index in [1.54, 1.807) is 4.57 Å². The lowest BCUT2D eigenvalue weighted by Gasteiger charge is -2.11. The van der Waals surface area contributed by atoms with Crippen molar-refractivity contribution in [2.24, 2.45) is 11.7 Å². The SMILES string of the molecule is CCn1c(=O)n(CC(=O)NCC(N)C2CC2)c2ccccc21.Cl. The summed E-state index contributed by atoms with van der Waals surface area (Å²) in [6.45, 7) is 3.02. The van der Waals surface area contributed by atoms with Crippen molar-refractivity contribution in [1.29, 1.82) is 0 Å². The second-order valence-corrected chi connectivity index (χ2v) is 5.91. The Morgan fingerprint density at radius 2 is 1.91 bits per heavy atom. The number of nitrogens with one attached hydrogen (secondary N) is 1. The highest BCUT2D eigenvalue weighted by Gasteiger charge is 2.28. The van der Waals surface area contributed by atoms with Gasteiger partial charge in [-0.15, -0.1) is 12.4 Å². The minimum atomic E-state index is -0.169. The molecule has 0 aliphatic heterocycles. The molecule has 0 spiro atoms. The molecule has 3 rings (SSSR count). The number of carbonyl (C=O) groups excluding carboxylic acids is 1. The highest BCUT2D eigenvalue weighted by atomic mass is 35.5. The van der Waals surface area contributed by atoms with E-state index in [1.165, 1.54) is 4.57 Å². The molecule has 1 unspecified atom stereocenters. The molecular formula is C16H23ClN4O2. The monoisotopic (exact) mass is 338 g/mol. The summed E-state index contributed by atoms with van der Waals surface area (Å²) in [5.41, 5.74) is 7.48. The van der Waals surface area contributed by atoms with Gasteiger partial charge < -0.3 is 11.1 Å². The Bertz CT molecular complexity index is 748. The zero-order valence-corrected chi connectivity index (χ0v) is 14.0. The minimum Gasteiger partial charge on any atom is -0.353 e. The van der Waals surface area contributed by atoms with Crippen LogP contribution in [0.4, 0.5) is 0 Å². The number of amides is 1. The molecule has 6 nitrogen and oxygen atoms in total. The maximum Gasteiger partial charge on any atom is 0.329 e. The van der Waals surface area contributed by atoms with Gasteiger partial charge in [-0.25, -0.2) is 4.79 Å². The lowest BCUT2D eigenvalue weighted by atomic mass is 10.2. The highest BCUT2D eigenvalue weighted by Crippen LogP contribution is 2.31. The molecule has 1 aliphatic carbocycles. The first kappa shape index (κ1) is 17.6. The number of carbonyl (C=O) groups is 1. The Balaban J connectivity index is 0.00000192. The number of halogens is 1. The molecule has 1 atom stereocenters. The van der Waals surface area contributed by atoms with Crippen LogP contribution >= 0.6 is 12.4 Å². The number of nitrogens with two attached hydrogens (primary N) is 1. The van der Waals surface area contributed by atoms with Crippen LogP contribution in [0, 0.1) is 5.92 Å². The van der Waals surface area contributed by atoms with E-state index < -0.39 is 0 Å². The summed E-state index contributed by atoms with van der Waals surface area (Å²) in [5, 5.41) is 2.84. The van der Waals surface area contributed by atoms with Gasteiger partial charge in [-0.3, -0.25) is 13.9 Å². The van der Waals surface area contributed by atoms with Gasteiger partial charge in [-0.2, -0.15) is 0 Å². The van der Waals surface area contributed by atoms with E-state index in [-0.39, 0.29) is 36.6 Å². The summed E-state index contributed by atoms with van der Waals surface area (Å²) in [6, 6.07) is 7.56. The summed E-state index contributed by atoms with van der Waals surface area (Å²) in [6.07, 6.45) is 2.31. The Morgan fingerprint density at radius 3 is 2.48 bits per heavy atom. The molecular weight excluding hydrogens is 316 g/mol. The van der Waals surface area contributed by atoms with Crippen molar-refractivity contribution in [3.05, 3.63) is 34.7 Å². The van der Waals surface area contributed by atoms with Crippen molar-refractivity contribution in [3.63, 3.8) is 0 Å². The number of hydrogen-bond acceptors (Lipinski definition) is 3. The third-order valence-electron chi connectivity index (χ3n) is 4.31. The van der Waals surface area contributed by atoms with Gasteiger partial charge >= 0.3 is 5.69 Å². The molecule has 1 aromatic carbocycles. The topological polar surface area (TPSA) is 82.0 Å². The van der Waals surface area contributed by atoms with E-state index in [9.17, 15) is 9.59 Å². The van der Waals surface area contributed by atoms with Gasteiger partial charge in [0.1, 0.15) is 6.54 Å². The second-order valence-electron chi connectivity index (χ2n) is 5.91. The summed E-state index contributed by atoms with van der Waals surface area (Å²) in [5.74, 6) is 0.377. The number of benzene rings is 1. The summed E-state index contributed by atoms with van der Waals surface area (Å²) < 4.78 is 3.20. The lowest BCUT2D eigenvalue weighted by Crippen LogP contribution is -2.41. The summed E-state index contributed by atoms with van der Waals surface area (Å²) in [7, 11) is 0. The zero-order valence-electron chi connectivity index (χ0n) is 13.2. The van der Waals surface area contributed by atoms with Gasteiger partial charge in [0.25, 0.3) is 0 Å². The third kappa shape index (κ3) is 3.59. The van der Waals surface area contributed by atoms with Gasteiger partial charge in [0.15, 0.2) is 0 Å². The van der Waals surface area contributed by atoms with Crippen molar-refractivity contribution in [2.75, 3.05) is 6.54 Å². The number of imidazole rings is 1. The number of hydrogen-bond donors (Lipinski definition) is 2. The Kier molecular flexibility index (Phi) is 5.49. The average molecular weight is 339 g/mol. The van der Waals surface area contributed by atoms with Crippen molar-refractivity contribution in [1.82, 2.24) is 14.5 Å². The molecule has 2 aromatic rings. The largest absolute Gasteiger partial charge is 0.353 e. The first-order chi connectivity index (χ1) is 10.6. The number of aromatic nitrogens is 2. The van der Waals surface area contributed by atoms with Crippen LogP contribution in [0.2, 0.25) is 0 Å². The van der Waals surface area contributed by atoms with E-state index in [1.807, 2.05) is 31.2 Å². The Labute approximate surface area is 141 Å². The third-order valence-corrected chi connectivity index (χ3v) is 4.31. The van der Waals surface area contributed by atoms with Crippen LogP contribution < -0.4 is 16.7 Å². The summed E-state index contributed by atoms with van der Waals surface area (Å²) in [4.78, 5) is 24.6. The highest BCUT2D eigenvalue weighted by molar-refractivity contribution is 5.85. The van der Waals surface area contributed by atoms with Gasteiger partial charge in [-0.1, -0.05) is 12.1 Å². The van der Waals surface area contributed by atoms with E-state index >= 15 is 0 Å². The maximum absolute atomic E-state index is 12.4. The standard InChI is InChI=1S/C16H22N4O2.ClH/c1-2-19-13-5-3-4-6-14(13)20(16(19)22)10-15(21)18-9-12(17)11-7-8-11;/h3-6,11-12H,2,7-10,17H2,1H3,(H,18,21);1H. The zero-order chi connectivity index (χ0) is 15.7. The van der Waals surface area contributed by atoms with Crippen molar-refractivity contribution >= 4 is 29.3 Å². The first-order valence-corrected chi connectivity index (χ1v) is 7.82. The molecule has 1 heterocycles. The fourth-order valence-corrected chi connectivity index (χ4v) is 2.85. The van der Waals surface area contributed by atoms with Crippen molar-refractivity contribution < 1.29 is 4.79 Å². The molecule has 1 aromatic heterocycles. The molecule has 1 amide bonds. The Morgan fingerprint density at radius 1 is 1.30 bits per heavy atom. The van der Waals surface area contributed by atoms with Crippen LogP contribution in [-0.4, -0.2) is 27.6 Å². The van der Waals surface area contributed by atoms with Crippen molar-refractivity contribution in [2.45, 2.75) is 38.9 Å². The van der Waals surface area contributed by atoms with Gasteiger partial charge in [0.05, 0.1) is 11.0 Å². The fraction of sp³-hybridized carbons (Fsp3) is 0.500. The van der Waals surface area contributed by atoms with Crippen LogP contribution in [0.25, 0.3) is 11.0 Å². The van der Waals surface area contributed by atoms with E-state index in [0.717, 1.165) is 23.9 Å². The molecule has 23 heavy (non-hydrogen) atoms. The fourth-order valence-electron chi connectivity index (χ4n) is 2.85. The van der Waals surface area contributed by atoms with Gasteiger partial charge in [0.2, 0.25) is 5.91 Å². The summed E-state index contributed by atoms with van der Waals surface area (Å²) >= 11 is 0. The van der Waals surface area contributed by atoms with Crippen LogP contribution in [0.1, 0.15) is 19.8 Å². The molecule has 3 N–H and O–H groups in total. The molecule has 0 bridgehead atoms. The predicted octanol–water partition coefficient (Wildman–Crippen LogP) is 1.10. The van der Waals surface area contributed by atoms with E-state index in [0.29, 0.717) is 19.0 Å². The average Bonchev–Trinajstić information content (AvgIpc) is 3.33. The second kappa shape index (κ2) is 7.19. The first-order valence-electron chi connectivity index (χ1n) is 7.82. The van der Waals surface area contributed by atoms with E-state index in [2.05, 4.69) is 5.32 Å². The number of rotatable bonds is 6. The minimum absolute atomic E-state index is 0. The van der Waals surface area contributed by atoms with Crippen molar-refractivity contribution in [3.8, 4) is 0 Å². The number of aryl methyl sites for hydroxylation is 1.